The van der Waals surface area contributed by atoms with Crippen molar-refractivity contribution in [3.8, 4) is 11.1 Å². The van der Waals surface area contributed by atoms with Crippen molar-refractivity contribution in [1.82, 2.24) is 0 Å². The van der Waals surface area contributed by atoms with Crippen LogP contribution in [0, 0.1) is 0 Å². The van der Waals surface area contributed by atoms with Crippen LogP contribution in [0.15, 0.2) is 66.7 Å². The van der Waals surface area contributed by atoms with Crippen molar-refractivity contribution >= 4 is 10.8 Å². The third kappa shape index (κ3) is 2.33. The van der Waals surface area contributed by atoms with E-state index in [2.05, 4.69) is 36.4 Å². The first kappa shape index (κ1) is 12.9. The highest BCUT2D eigenvalue weighted by Gasteiger charge is 2.20. The first-order chi connectivity index (χ1) is 9.55. The van der Waals surface area contributed by atoms with Gasteiger partial charge in [-0.15, -0.1) is 0 Å². The molecule has 0 saturated heterocycles. The summed E-state index contributed by atoms with van der Waals surface area (Å²) in [6.45, 7) is 3.65. The van der Waals surface area contributed by atoms with E-state index >= 15 is 0 Å². The Balaban J connectivity index is 2.21. The summed E-state index contributed by atoms with van der Waals surface area (Å²) in [6, 6.07) is 22.8. The van der Waals surface area contributed by atoms with Gasteiger partial charge >= 0.3 is 0 Å². The molecular formula is C19H18O. The van der Waals surface area contributed by atoms with Crippen molar-refractivity contribution in [3.63, 3.8) is 0 Å². The third-order valence-corrected chi connectivity index (χ3v) is 3.65. The first-order valence-corrected chi connectivity index (χ1v) is 6.87. The van der Waals surface area contributed by atoms with Crippen LogP contribution in [0.1, 0.15) is 19.4 Å². The molecule has 0 unspecified atom stereocenters. The Labute approximate surface area is 119 Å². The lowest BCUT2D eigenvalue weighted by Gasteiger charge is -2.22. The van der Waals surface area contributed by atoms with E-state index in [-0.39, 0.29) is 0 Å². The Morgan fingerprint density at radius 1 is 0.750 bits per heavy atom. The monoisotopic (exact) mass is 262 g/mol. The summed E-state index contributed by atoms with van der Waals surface area (Å²) in [7, 11) is 0. The van der Waals surface area contributed by atoms with Gasteiger partial charge < -0.3 is 5.11 Å². The van der Waals surface area contributed by atoms with E-state index in [1.807, 2.05) is 44.2 Å². The number of benzene rings is 3. The van der Waals surface area contributed by atoms with Gasteiger partial charge in [0.05, 0.1) is 5.60 Å². The lowest BCUT2D eigenvalue weighted by molar-refractivity contribution is 0.0792. The SMILES string of the molecule is CC(C)(O)c1ccccc1-c1ccc2ccccc2c1. The molecule has 0 radical (unpaired) electrons. The molecule has 0 aliphatic carbocycles. The zero-order chi connectivity index (χ0) is 14.2. The van der Waals surface area contributed by atoms with Gasteiger partial charge in [0.15, 0.2) is 0 Å². The van der Waals surface area contributed by atoms with Crippen molar-refractivity contribution in [2.75, 3.05) is 0 Å². The predicted molar refractivity (Wildman–Crippen MR) is 84.6 cm³/mol. The van der Waals surface area contributed by atoms with E-state index < -0.39 is 5.60 Å². The second-order valence-corrected chi connectivity index (χ2v) is 5.67. The molecule has 0 aromatic heterocycles. The second-order valence-electron chi connectivity index (χ2n) is 5.67. The van der Waals surface area contributed by atoms with Gasteiger partial charge in [-0.25, -0.2) is 0 Å². The molecule has 0 spiro atoms. The van der Waals surface area contributed by atoms with E-state index in [0.29, 0.717) is 0 Å². The summed E-state index contributed by atoms with van der Waals surface area (Å²) in [4.78, 5) is 0. The van der Waals surface area contributed by atoms with Crippen molar-refractivity contribution in [3.05, 3.63) is 72.3 Å². The highest BCUT2D eigenvalue weighted by Crippen LogP contribution is 2.32. The van der Waals surface area contributed by atoms with Crippen LogP contribution < -0.4 is 0 Å². The van der Waals surface area contributed by atoms with Crippen LogP contribution in [-0.4, -0.2) is 5.11 Å². The van der Waals surface area contributed by atoms with Gasteiger partial charge in [0.25, 0.3) is 0 Å². The number of rotatable bonds is 2. The maximum atomic E-state index is 10.3. The van der Waals surface area contributed by atoms with Crippen LogP contribution in [0.3, 0.4) is 0 Å². The molecule has 0 bridgehead atoms. The first-order valence-electron chi connectivity index (χ1n) is 6.87. The average Bonchev–Trinajstić information content (AvgIpc) is 2.46. The molecule has 3 aromatic carbocycles. The quantitative estimate of drug-likeness (QED) is 0.707. The van der Waals surface area contributed by atoms with Crippen LogP contribution in [0.2, 0.25) is 0 Å². The lowest BCUT2D eigenvalue weighted by Crippen LogP contribution is -2.16. The second kappa shape index (κ2) is 4.77. The van der Waals surface area contributed by atoms with Crippen LogP contribution in [0.4, 0.5) is 0 Å². The molecule has 1 heteroatoms. The summed E-state index contributed by atoms with van der Waals surface area (Å²) in [6.07, 6.45) is 0. The van der Waals surface area contributed by atoms with Gasteiger partial charge in [-0.05, 0) is 47.4 Å². The highest BCUT2D eigenvalue weighted by molar-refractivity contribution is 5.87. The summed E-state index contributed by atoms with van der Waals surface area (Å²) in [5, 5.41) is 12.8. The van der Waals surface area contributed by atoms with E-state index in [1.165, 1.54) is 10.8 Å². The summed E-state index contributed by atoms with van der Waals surface area (Å²) >= 11 is 0. The molecule has 3 aromatic rings. The molecule has 0 saturated carbocycles. The zero-order valence-electron chi connectivity index (χ0n) is 11.8. The average molecular weight is 262 g/mol. The minimum absolute atomic E-state index is 0.845. The van der Waals surface area contributed by atoms with E-state index in [9.17, 15) is 5.11 Å². The molecule has 20 heavy (non-hydrogen) atoms. The highest BCUT2D eigenvalue weighted by atomic mass is 16.3. The Morgan fingerprint density at radius 3 is 2.15 bits per heavy atom. The van der Waals surface area contributed by atoms with Gasteiger partial charge in [-0.2, -0.15) is 0 Å². The van der Waals surface area contributed by atoms with Gasteiger partial charge in [0.1, 0.15) is 0 Å². The smallest absolute Gasteiger partial charge is 0.0846 e. The molecule has 0 fully saturated rings. The summed E-state index contributed by atoms with van der Waals surface area (Å²) < 4.78 is 0. The van der Waals surface area contributed by atoms with E-state index in [4.69, 9.17) is 0 Å². The molecule has 100 valence electrons. The molecule has 0 atom stereocenters. The van der Waals surface area contributed by atoms with Gasteiger partial charge in [-0.1, -0.05) is 60.7 Å². The van der Waals surface area contributed by atoms with Crippen LogP contribution in [0.5, 0.6) is 0 Å². The molecule has 0 aliphatic heterocycles. The maximum absolute atomic E-state index is 10.3. The fraction of sp³-hybridized carbons (Fsp3) is 0.158. The van der Waals surface area contributed by atoms with Crippen molar-refractivity contribution in [2.45, 2.75) is 19.4 Å². The standard InChI is InChI=1S/C19H18O/c1-19(2,20)18-10-6-5-9-17(18)16-12-11-14-7-3-4-8-15(14)13-16/h3-13,20H,1-2H3. The molecule has 0 aliphatic rings. The normalized spacial score (nSPS) is 11.8. The summed E-state index contributed by atoms with van der Waals surface area (Å²) in [5.74, 6) is 0. The van der Waals surface area contributed by atoms with Crippen LogP contribution in [0.25, 0.3) is 21.9 Å². The Hall–Kier alpha value is -2.12. The zero-order valence-corrected chi connectivity index (χ0v) is 11.8. The molecule has 1 nitrogen and oxygen atoms in total. The Kier molecular flexibility index (Phi) is 3.07. The summed E-state index contributed by atoms with van der Waals surface area (Å²) in [5.41, 5.74) is 2.34. The Morgan fingerprint density at radius 2 is 1.40 bits per heavy atom. The number of aliphatic hydroxyl groups is 1. The van der Waals surface area contributed by atoms with E-state index in [0.717, 1.165) is 16.7 Å². The fourth-order valence-electron chi connectivity index (χ4n) is 2.63. The Bertz CT molecular complexity index is 751. The topological polar surface area (TPSA) is 20.2 Å². The van der Waals surface area contributed by atoms with Crippen molar-refractivity contribution < 1.29 is 5.11 Å². The van der Waals surface area contributed by atoms with E-state index in [1.54, 1.807) is 0 Å². The van der Waals surface area contributed by atoms with Crippen LogP contribution >= 0.6 is 0 Å². The molecular weight excluding hydrogens is 244 g/mol. The third-order valence-electron chi connectivity index (χ3n) is 3.65. The predicted octanol–water partition coefficient (Wildman–Crippen LogP) is 4.73. The van der Waals surface area contributed by atoms with Gasteiger partial charge in [0, 0.05) is 0 Å². The van der Waals surface area contributed by atoms with Crippen LogP contribution in [-0.2, 0) is 5.60 Å². The fourth-order valence-corrected chi connectivity index (χ4v) is 2.63. The van der Waals surface area contributed by atoms with Gasteiger partial charge in [-0.3, -0.25) is 0 Å². The minimum atomic E-state index is -0.845. The molecule has 3 rings (SSSR count). The number of fused-ring (bicyclic) bond motifs is 1. The molecule has 1 N–H and O–H groups in total. The maximum Gasteiger partial charge on any atom is 0.0846 e. The van der Waals surface area contributed by atoms with Crippen molar-refractivity contribution in [2.24, 2.45) is 0 Å². The van der Waals surface area contributed by atoms with Gasteiger partial charge in [0.2, 0.25) is 0 Å². The number of hydrogen-bond donors (Lipinski definition) is 1. The molecule has 0 amide bonds. The largest absolute Gasteiger partial charge is 0.386 e. The number of hydrogen-bond acceptors (Lipinski definition) is 1. The minimum Gasteiger partial charge on any atom is -0.386 e. The molecule has 0 heterocycles. The lowest BCUT2D eigenvalue weighted by atomic mass is 9.89. The van der Waals surface area contributed by atoms with Crippen molar-refractivity contribution in [1.29, 1.82) is 0 Å².